The van der Waals surface area contributed by atoms with Gasteiger partial charge in [-0.1, -0.05) is 12.1 Å². The maximum atomic E-state index is 10.4. The van der Waals surface area contributed by atoms with E-state index in [-0.39, 0.29) is 0 Å². The zero-order valence-corrected chi connectivity index (χ0v) is 11.1. The van der Waals surface area contributed by atoms with Gasteiger partial charge >= 0.3 is 5.97 Å². The molecule has 0 amide bonds. The Bertz CT molecular complexity index is 683. The predicted molar refractivity (Wildman–Crippen MR) is 76.7 cm³/mol. The standard InChI is InChI=1S/C16H12N2O3/c17-10-9-12-1-5-14(6-2-12)21-15-7-3-13(11-18-15)4-8-16(19)20/h1-8,11H,9H2,(H,19,20)/b8-4+. The van der Waals surface area contributed by atoms with E-state index in [0.29, 0.717) is 23.6 Å². The Labute approximate surface area is 121 Å². The molecule has 1 aromatic carbocycles. The summed E-state index contributed by atoms with van der Waals surface area (Å²) in [6.07, 6.45) is 4.39. The van der Waals surface area contributed by atoms with Crippen LogP contribution in [0.4, 0.5) is 0 Å². The van der Waals surface area contributed by atoms with E-state index in [1.807, 2.05) is 12.1 Å². The number of ether oxygens (including phenoxy) is 1. The molecular formula is C16H12N2O3. The smallest absolute Gasteiger partial charge is 0.328 e. The van der Waals surface area contributed by atoms with Gasteiger partial charge in [-0.25, -0.2) is 9.78 Å². The second kappa shape index (κ2) is 6.87. The highest BCUT2D eigenvalue weighted by molar-refractivity contribution is 5.85. The number of hydrogen-bond donors (Lipinski definition) is 1. The van der Waals surface area contributed by atoms with E-state index in [9.17, 15) is 4.79 Å². The van der Waals surface area contributed by atoms with Gasteiger partial charge in [-0.3, -0.25) is 0 Å². The number of nitriles is 1. The fourth-order valence-electron chi connectivity index (χ4n) is 1.61. The minimum absolute atomic E-state index is 0.364. The molecule has 1 heterocycles. The molecular weight excluding hydrogens is 268 g/mol. The van der Waals surface area contributed by atoms with E-state index >= 15 is 0 Å². The molecule has 0 bridgehead atoms. The molecule has 1 aromatic heterocycles. The molecule has 0 aliphatic carbocycles. The van der Waals surface area contributed by atoms with Crippen molar-refractivity contribution < 1.29 is 14.6 Å². The van der Waals surface area contributed by atoms with Gasteiger partial charge in [0.2, 0.25) is 5.88 Å². The van der Waals surface area contributed by atoms with Crippen molar-refractivity contribution in [1.82, 2.24) is 4.98 Å². The van der Waals surface area contributed by atoms with Gasteiger partial charge in [0.1, 0.15) is 5.75 Å². The average Bonchev–Trinajstić information content (AvgIpc) is 2.49. The number of rotatable bonds is 5. The Morgan fingerprint density at radius 2 is 2.05 bits per heavy atom. The van der Waals surface area contributed by atoms with Crippen molar-refractivity contribution >= 4 is 12.0 Å². The highest BCUT2D eigenvalue weighted by Gasteiger charge is 1.99. The fraction of sp³-hybridized carbons (Fsp3) is 0.0625. The molecule has 0 spiro atoms. The van der Waals surface area contributed by atoms with E-state index in [2.05, 4.69) is 11.1 Å². The maximum absolute atomic E-state index is 10.4. The van der Waals surface area contributed by atoms with Gasteiger partial charge in [-0.15, -0.1) is 0 Å². The lowest BCUT2D eigenvalue weighted by Gasteiger charge is -2.05. The summed E-state index contributed by atoms with van der Waals surface area (Å²) in [5.74, 6) is 0.0290. The Hall–Kier alpha value is -3.13. The molecule has 0 fully saturated rings. The second-order valence-electron chi connectivity index (χ2n) is 4.18. The molecule has 0 aliphatic heterocycles. The molecule has 0 radical (unpaired) electrons. The molecule has 2 aromatic rings. The number of aromatic nitrogens is 1. The van der Waals surface area contributed by atoms with Crippen molar-refractivity contribution in [3.05, 3.63) is 59.8 Å². The average molecular weight is 280 g/mol. The van der Waals surface area contributed by atoms with Gasteiger partial charge in [0.05, 0.1) is 12.5 Å². The van der Waals surface area contributed by atoms with Crippen LogP contribution < -0.4 is 4.74 Å². The lowest BCUT2D eigenvalue weighted by Crippen LogP contribution is -1.89. The number of carboxylic acid groups (broad SMARTS) is 1. The van der Waals surface area contributed by atoms with Crippen LogP contribution in [0.2, 0.25) is 0 Å². The lowest BCUT2D eigenvalue weighted by molar-refractivity contribution is -0.131. The summed E-state index contributed by atoms with van der Waals surface area (Å²) in [5.41, 5.74) is 1.60. The Kier molecular flexibility index (Phi) is 4.67. The highest BCUT2D eigenvalue weighted by atomic mass is 16.5. The minimum Gasteiger partial charge on any atom is -0.478 e. The molecule has 21 heavy (non-hydrogen) atoms. The first-order valence-corrected chi connectivity index (χ1v) is 6.18. The van der Waals surface area contributed by atoms with Gasteiger partial charge in [0.25, 0.3) is 0 Å². The van der Waals surface area contributed by atoms with E-state index in [4.69, 9.17) is 15.1 Å². The van der Waals surface area contributed by atoms with Gasteiger partial charge in [-0.2, -0.15) is 5.26 Å². The van der Waals surface area contributed by atoms with Crippen LogP contribution >= 0.6 is 0 Å². The van der Waals surface area contributed by atoms with Crippen molar-refractivity contribution in [2.75, 3.05) is 0 Å². The molecule has 1 N–H and O–H groups in total. The van der Waals surface area contributed by atoms with Crippen LogP contribution in [0.15, 0.2) is 48.7 Å². The summed E-state index contributed by atoms with van der Waals surface area (Å²) in [4.78, 5) is 14.5. The monoisotopic (exact) mass is 280 g/mol. The molecule has 0 saturated heterocycles. The van der Waals surface area contributed by atoms with Crippen LogP contribution in [0.1, 0.15) is 11.1 Å². The van der Waals surface area contributed by atoms with Gasteiger partial charge in [0, 0.05) is 18.3 Å². The number of carbonyl (C=O) groups is 1. The first kappa shape index (κ1) is 14.3. The van der Waals surface area contributed by atoms with Crippen molar-refractivity contribution in [2.24, 2.45) is 0 Å². The summed E-state index contributed by atoms with van der Waals surface area (Å²) in [7, 11) is 0. The summed E-state index contributed by atoms with van der Waals surface area (Å²) in [5, 5.41) is 17.1. The van der Waals surface area contributed by atoms with Crippen LogP contribution in [0, 0.1) is 11.3 Å². The number of hydrogen-bond acceptors (Lipinski definition) is 4. The normalized spacial score (nSPS) is 10.2. The second-order valence-corrected chi connectivity index (χ2v) is 4.18. The Morgan fingerprint density at radius 3 is 2.62 bits per heavy atom. The predicted octanol–water partition coefficient (Wildman–Crippen LogP) is 3.04. The van der Waals surface area contributed by atoms with Crippen molar-refractivity contribution in [3.63, 3.8) is 0 Å². The third kappa shape index (κ3) is 4.48. The molecule has 5 heteroatoms. The number of nitrogens with zero attached hydrogens (tertiary/aromatic N) is 2. The largest absolute Gasteiger partial charge is 0.478 e. The summed E-state index contributed by atoms with van der Waals surface area (Å²) in [6, 6.07) is 12.6. The van der Waals surface area contributed by atoms with Crippen LogP contribution in [-0.4, -0.2) is 16.1 Å². The van der Waals surface area contributed by atoms with Crippen LogP contribution in [0.25, 0.3) is 6.08 Å². The molecule has 0 atom stereocenters. The van der Waals surface area contributed by atoms with E-state index in [1.54, 1.807) is 24.3 Å². The fourth-order valence-corrected chi connectivity index (χ4v) is 1.61. The van der Waals surface area contributed by atoms with Crippen LogP contribution in [0.3, 0.4) is 0 Å². The van der Waals surface area contributed by atoms with Crippen molar-refractivity contribution in [3.8, 4) is 17.7 Å². The van der Waals surface area contributed by atoms with Crippen molar-refractivity contribution in [1.29, 1.82) is 5.26 Å². The van der Waals surface area contributed by atoms with Crippen molar-refractivity contribution in [2.45, 2.75) is 6.42 Å². The molecule has 0 aliphatic rings. The molecule has 2 rings (SSSR count). The molecule has 104 valence electrons. The summed E-state index contributed by atoms with van der Waals surface area (Å²) >= 11 is 0. The number of benzene rings is 1. The summed E-state index contributed by atoms with van der Waals surface area (Å²) < 4.78 is 5.56. The molecule has 5 nitrogen and oxygen atoms in total. The first-order chi connectivity index (χ1) is 10.2. The molecule has 0 saturated carbocycles. The zero-order valence-electron chi connectivity index (χ0n) is 11.1. The third-order valence-electron chi connectivity index (χ3n) is 2.61. The zero-order chi connectivity index (χ0) is 15.1. The topological polar surface area (TPSA) is 83.2 Å². The third-order valence-corrected chi connectivity index (χ3v) is 2.61. The lowest BCUT2D eigenvalue weighted by atomic mass is 10.2. The molecule has 0 unspecified atom stereocenters. The summed E-state index contributed by atoms with van der Waals surface area (Å²) in [6.45, 7) is 0. The number of pyridine rings is 1. The van der Waals surface area contributed by atoms with E-state index in [0.717, 1.165) is 11.6 Å². The highest BCUT2D eigenvalue weighted by Crippen LogP contribution is 2.20. The van der Waals surface area contributed by atoms with Gasteiger partial charge < -0.3 is 9.84 Å². The first-order valence-electron chi connectivity index (χ1n) is 6.18. The van der Waals surface area contributed by atoms with Crippen LogP contribution in [0.5, 0.6) is 11.6 Å². The van der Waals surface area contributed by atoms with Gasteiger partial charge in [0.15, 0.2) is 0 Å². The quantitative estimate of drug-likeness (QED) is 0.851. The Balaban J connectivity index is 2.03. The van der Waals surface area contributed by atoms with E-state index in [1.165, 1.54) is 12.3 Å². The SMILES string of the molecule is N#CCc1ccc(Oc2ccc(/C=C/C(=O)O)cn2)cc1. The number of carboxylic acids is 1. The minimum atomic E-state index is -1.01. The Morgan fingerprint density at radius 1 is 1.29 bits per heavy atom. The number of aliphatic carboxylic acids is 1. The van der Waals surface area contributed by atoms with Gasteiger partial charge in [-0.05, 0) is 35.4 Å². The maximum Gasteiger partial charge on any atom is 0.328 e. The van der Waals surface area contributed by atoms with E-state index < -0.39 is 5.97 Å². The van der Waals surface area contributed by atoms with Crippen LogP contribution in [-0.2, 0) is 11.2 Å².